The number of rotatable bonds is 10. The quantitative estimate of drug-likeness (QED) is 0.322. The summed E-state index contributed by atoms with van der Waals surface area (Å²) in [5.74, 6) is 0.874. The third kappa shape index (κ3) is 8.91. The summed E-state index contributed by atoms with van der Waals surface area (Å²) in [5, 5.41) is 12.6. The van der Waals surface area contributed by atoms with Crippen LogP contribution in [-0.2, 0) is 9.59 Å². The number of aliphatic imine (C=N–C) groups is 1. The van der Waals surface area contributed by atoms with Gasteiger partial charge in [0, 0.05) is 38.8 Å². The van der Waals surface area contributed by atoms with E-state index in [1.165, 1.54) is 0 Å². The summed E-state index contributed by atoms with van der Waals surface area (Å²) in [4.78, 5) is 30.9. The van der Waals surface area contributed by atoms with Gasteiger partial charge in [-0.2, -0.15) is 0 Å². The van der Waals surface area contributed by atoms with E-state index in [0.717, 1.165) is 51.4 Å². The molecule has 28 heavy (non-hydrogen) atoms. The zero-order valence-electron chi connectivity index (χ0n) is 18.4. The lowest BCUT2D eigenvalue weighted by Crippen LogP contribution is -2.50. The molecule has 4 N–H and O–H groups in total. The third-order valence-corrected chi connectivity index (χ3v) is 4.80. The lowest BCUT2D eigenvalue weighted by Gasteiger charge is -2.32. The van der Waals surface area contributed by atoms with Gasteiger partial charge in [-0.15, -0.1) is 0 Å². The van der Waals surface area contributed by atoms with E-state index in [-0.39, 0.29) is 11.8 Å². The number of piperidine rings is 1. The Morgan fingerprint density at radius 2 is 1.68 bits per heavy atom. The third-order valence-electron chi connectivity index (χ3n) is 4.80. The van der Waals surface area contributed by atoms with Crippen molar-refractivity contribution in [3.05, 3.63) is 0 Å². The van der Waals surface area contributed by atoms with Gasteiger partial charge >= 0.3 is 0 Å². The number of nitrogens with zero attached hydrogens (tertiary/aromatic N) is 2. The molecule has 1 saturated heterocycles. The summed E-state index contributed by atoms with van der Waals surface area (Å²) in [6.07, 6.45) is 2.89. The average Bonchev–Trinajstić information content (AvgIpc) is 2.66. The van der Waals surface area contributed by atoms with Gasteiger partial charge in [0.2, 0.25) is 11.8 Å². The van der Waals surface area contributed by atoms with E-state index in [1.807, 2.05) is 27.7 Å². The van der Waals surface area contributed by atoms with Crippen LogP contribution in [0.15, 0.2) is 4.99 Å². The first kappa shape index (κ1) is 24.2. The van der Waals surface area contributed by atoms with Gasteiger partial charge < -0.3 is 21.3 Å². The molecule has 2 amide bonds. The number of carbonyl (C=O) groups excluding carboxylic acids is 2. The molecule has 0 aromatic carbocycles. The van der Waals surface area contributed by atoms with Crippen LogP contribution in [0.25, 0.3) is 0 Å². The molecule has 1 rings (SSSR count). The Hall–Kier alpha value is -1.83. The van der Waals surface area contributed by atoms with Crippen molar-refractivity contribution in [2.24, 2.45) is 10.4 Å². The maximum absolute atomic E-state index is 12.2. The van der Waals surface area contributed by atoms with Crippen LogP contribution in [0.4, 0.5) is 0 Å². The molecule has 1 heterocycles. The second kappa shape index (κ2) is 12.6. The Morgan fingerprint density at radius 3 is 2.25 bits per heavy atom. The number of carbonyl (C=O) groups is 2. The maximum Gasteiger partial charge on any atom is 0.234 e. The van der Waals surface area contributed by atoms with E-state index in [4.69, 9.17) is 0 Å². The minimum absolute atomic E-state index is 0.0178. The first-order valence-corrected chi connectivity index (χ1v) is 10.6. The van der Waals surface area contributed by atoms with Gasteiger partial charge in [-0.05, 0) is 47.0 Å². The monoisotopic (exact) mass is 396 g/mol. The van der Waals surface area contributed by atoms with Crippen molar-refractivity contribution in [2.45, 2.75) is 59.9 Å². The molecule has 0 aromatic rings. The first-order valence-electron chi connectivity index (χ1n) is 10.6. The van der Waals surface area contributed by atoms with E-state index in [2.05, 4.69) is 38.1 Å². The largest absolute Gasteiger partial charge is 0.357 e. The van der Waals surface area contributed by atoms with E-state index >= 15 is 0 Å². The Morgan fingerprint density at radius 1 is 1.04 bits per heavy atom. The molecule has 0 atom stereocenters. The molecule has 162 valence electrons. The molecule has 1 aliphatic heterocycles. The van der Waals surface area contributed by atoms with Crippen LogP contribution in [0.1, 0.15) is 53.9 Å². The molecule has 1 aliphatic rings. The van der Waals surface area contributed by atoms with Gasteiger partial charge in [0.25, 0.3) is 0 Å². The lowest BCUT2D eigenvalue weighted by atomic mass is 9.92. The summed E-state index contributed by atoms with van der Waals surface area (Å²) in [7, 11) is 0. The van der Waals surface area contributed by atoms with Gasteiger partial charge in [-0.1, -0.05) is 6.92 Å². The van der Waals surface area contributed by atoms with E-state index in [9.17, 15) is 9.59 Å². The Kier molecular flexibility index (Phi) is 10.9. The van der Waals surface area contributed by atoms with Crippen LogP contribution >= 0.6 is 0 Å². The fourth-order valence-electron chi connectivity index (χ4n) is 3.02. The van der Waals surface area contributed by atoms with E-state index in [1.54, 1.807) is 0 Å². The SMILES string of the molecule is CCCNC(=O)CN1CCC(NC(=NCC(C)(C)C(=O)NCC)NCC)CC1. The first-order chi connectivity index (χ1) is 13.3. The van der Waals surface area contributed by atoms with Crippen LogP contribution in [0.2, 0.25) is 0 Å². The molecule has 0 aromatic heterocycles. The molecule has 0 spiro atoms. The molecule has 0 bridgehead atoms. The highest BCUT2D eigenvalue weighted by molar-refractivity contribution is 5.83. The van der Waals surface area contributed by atoms with Crippen LogP contribution in [0, 0.1) is 5.41 Å². The topological polar surface area (TPSA) is 97.9 Å². The molecule has 8 nitrogen and oxygen atoms in total. The normalized spacial score (nSPS) is 16.5. The van der Waals surface area contributed by atoms with E-state index < -0.39 is 5.41 Å². The standard InChI is InChI=1S/C20H40N6O2/c1-6-11-23-17(27)14-26-12-9-16(10-13-26)25-19(22-8-3)24-15-20(4,5)18(28)21-7-2/h16H,6-15H2,1-5H3,(H,21,28)(H,23,27)(H2,22,24,25). The molecule has 1 fully saturated rings. The number of hydrogen-bond acceptors (Lipinski definition) is 4. The van der Waals surface area contributed by atoms with Crippen molar-refractivity contribution in [3.8, 4) is 0 Å². The smallest absolute Gasteiger partial charge is 0.234 e. The fourth-order valence-corrected chi connectivity index (χ4v) is 3.02. The predicted molar refractivity (Wildman–Crippen MR) is 114 cm³/mol. The van der Waals surface area contributed by atoms with Gasteiger partial charge in [-0.3, -0.25) is 19.5 Å². The van der Waals surface area contributed by atoms with Gasteiger partial charge in [0.15, 0.2) is 5.96 Å². The summed E-state index contributed by atoms with van der Waals surface area (Å²) >= 11 is 0. The highest BCUT2D eigenvalue weighted by atomic mass is 16.2. The summed E-state index contributed by atoms with van der Waals surface area (Å²) in [6, 6.07) is 0.320. The van der Waals surface area contributed by atoms with Crippen molar-refractivity contribution >= 4 is 17.8 Å². The Balaban J connectivity index is 2.50. The van der Waals surface area contributed by atoms with E-state index in [0.29, 0.717) is 25.7 Å². The predicted octanol–water partition coefficient (Wildman–Crippen LogP) is 0.694. The lowest BCUT2D eigenvalue weighted by molar-refractivity contribution is -0.128. The Labute approximate surface area is 170 Å². The zero-order valence-corrected chi connectivity index (χ0v) is 18.4. The number of likely N-dealkylation sites (tertiary alicyclic amines) is 1. The molecule has 0 saturated carbocycles. The minimum atomic E-state index is -0.548. The highest BCUT2D eigenvalue weighted by Gasteiger charge is 2.27. The van der Waals surface area contributed by atoms with Crippen LogP contribution in [0.3, 0.4) is 0 Å². The van der Waals surface area contributed by atoms with Gasteiger partial charge in [0.05, 0.1) is 18.5 Å². The van der Waals surface area contributed by atoms with Crippen LogP contribution < -0.4 is 21.3 Å². The van der Waals surface area contributed by atoms with Crippen molar-refractivity contribution in [1.82, 2.24) is 26.2 Å². The summed E-state index contributed by atoms with van der Waals surface area (Å²) in [6.45, 7) is 14.6. The molecule has 8 heteroatoms. The molecule has 0 unspecified atom stereocenters. The van der Waals surface area contributed by atoms with Crippen molar-refractivity contribution in [1.29, 1.82) is 0 Å². The summed E-state index contributed by atoms with van der Waals surface area (Å²) < 4.78 is 0. The minimum Gasteiger partial charge on any atom is -0.357 e. The second-order valence-corrected chi connectivity index (χ2v) is 7.98. The molecular formula is C20H40N6O2. The highest BCUT2D eigenvalue weighted by Crippen LogP contribution is 2.16. The maximum atomic E-state index is 12.2. The van der Waals surface area contributed by atoms with Crippen LogP contribution in [-0.4, -0.2) is 74.5 Å². The second-order valence-electron chi connectivity index (χ2n) is 7.98. The summed E-state index contributed by atoms with van der Waals surface area (Å²) in [5.41, 5.74) is -0.548. The number of guanidine groups is 1. The zero-order chi connectivity index (χ0) is 21.0. The number of nitrogens with one attached hydrogen (secondary N) is 4. The fraction of sp³-hybridized carbons (Fsp3) is 0.850. The van der Waals surface area contributed by atoms with Crippen molar-refractivity contribution in [2.75, 3.05) is 45.8 Å². The molecular weight excluding hydrogens is 356 g/mol. The molecule has 0 aliphatic carbocycles. The number of amides is 2. The van der Waals surface area contributed by atoms with Gasteiger partial charge in [-0.25, -0.2) is 0 Å². The van der Waals surface area contributed by atoms with Gasteiger partial charge in [0.1, 0.15) is 0 Å². The molecule has 0 radical (unpaired) electrons. The Bertz CT molecular complexity index is 513. The number of hydrogen-bond donors (Lipinski definition) is 4. The van der Waals surface area contributed by atoms with Crippen molar-refractivity contribution in [3.63, 3.8) is 0 Å². The van der Waals surface area contributed by atoms with Crippen molar-refractivity contribution < 1.29 is 9.59 Å². The average molecular weight is 397 g/mol. The van der Waals surface area contributed by atoms with Crippen LogP contribution in [0.5, 0.6) is 0 Å².